The summed E-state index contributed by atoms with van der Waals surface area (Å²) in [5, 5.41) is 3.58. The lowest BCUT2D eigenvalue weighted by Crippen LogP contribution is -2.24. The van der Waals surface area contributed by atoms with E-state index in [0.717, 1.165) is 30.5 Å². The number of hydrogen-bond donors (Lipinski definition) is 1. The molecule has 1 aromatic carbocycles. The van der Waals surface area contributed by atoms with Crippen molar-refractivity contribution >= 4 is 0 Å². The second-order valence-electron chi connectivity index (χ2n) is 5.47. The van der Waals surface area contributed by atoms with E-state index in [1.165, 1.54) is 18.4 Å². The number of nitrogens with one attached hydrogen (secondary N) is 1. The molecular weight excluding hydrogens is 226 g/mol. The maximum atomic E-state index is 5.61. The number of ether oxygens (including phenoxy) is 2. The summed E-state index contributed by atoms with van der Waals surface area (Å²) in [7, 11) is 0. The van der Waals surface area contributed by atoms with Gasteiger partial charge in [-0.2, -0.15) is 0 Å². The Morgan fingerprint density at radius 2 is 2.00 bits per heavy atom. The molecular formula is C15H21NO2. The molecule has 0 saturated heterocycles. The van der Waals surface area contributed by atoms with Crippen LogP contribution in [0.15, 0.2) is 18.2 Å². The zero-order valence-electron chi connectivity index (χ0n) is 10.9. The quantitative estimate of drug-likeness (QED) is 0.866. The molecule has 1 atom stereocenters. The highest BCUT2D eigenvalue weighted by Crippen LogP contribution is 2.31. The molecule has 1 aromatic rings. The Bertz CT molecular complexity index is 415. The van der Waals surface area contributed by atoms with Crippen LogP contribution in [0.25, 0.3) is 0 Å². The molecule has 1 fully saturated rings. The Morgan fingerprint density at radius 1 is 1.22 bits per heavy atom. The molecule has 3 heteroatoms. The van der Waals surface area contributed by atoms with Crippen LogP contribution < -0.4 is 14.8 Å². The summed E-state index contributed by atoms with van der Waals surface area (Å²) >= 11 is 0. The second kappa shape index (κ2) is 5.19. The van der Waals surface area contributed by atoms with Crippen molar-refractivity contribution in [1.29, 1.82) is 0 Å². The first-order chi connectivity index (χ1) is 8.81. The first kappa shape index (κ1) is 11.8. The summed E-state index contributed by atoms with van der Waals surface area (Å²) in [6.45, 7) is 4.73. The molecule has 1 aliphatic carbocycles. The molecule has 0 aromatic heterocycles. The summed E-state index contributed by atoms with van der Waals surface area (Å²) < 4.78 is 11.1. The molecule has 0 amide bonds. The van der Waals surface area contributed by atoms with Crippen LogP contribution in [0.3, 0.4) is 0 Å². The van der Waals surface area contributed by atoms with Gasteiger partial charge in [0, 0.05) is 6.04 Å². The van der Waals surface area contributed by atoms with E-state index >= 15 is 0 Å². The monoisotopic (exact) mass is 247 g/mol. The fourth-order valence-corrected chi connectivity index (χ4v) is 2.34. The van der Waals surface area contributed by atoms with Crippen LogP contribution in [0.5, 0.6) is 11.5 Å². The highest BCUT2D eigenvalue weighted by atomic mass is 16.6. The normalized spacial score (nSPS) is 19.6. The molecule has 1 N–H and O–H groups in total. The van der Waals surface area contributed by atoms with Crippen LogP contribution in [0.2, 0.25) is 0 Å². The third-order valence-corrected chi connectivity index (χ3v) is 3.52. The van der Waals surface area contributed by atoms with Crippen molar-refractivity contribution in [2.45, 2.75) is 32.2 Å². The van der Waals surface area contributed by atoms with Gasteiger partial charge in [0.05, 0.1) is 0 Å². The smallest absolute Gasteiger partial charge is 0.161 e. The van der Waals surface area contributed by atoms with Gasteiger partial charge < -0.3 is 14.8 Å². The fraction of sp³-hybridized carbons (Fsp3) is 0.600. The summed E-state index contributed by atoms with van der Waals surface area (Å²) in [4.78, 5) is 0. The van der Waals surface area contributed by atoms with Crippen LogP contribution in [-0.2, 0) is 6.42 Å². The molecule has 18 heavy (non-hydrogen) atoms. The summed E-state index contributed by atoms with van der Waals surface area (Å²) in [5.74, 6) is 2.45. The Hall–Kier alpha value is -1.22. The van der Waals surface area contributed by atoms with Crippen molar-refractivity contribution in [3.05, 3.63) is 23.8 Å². The Balaban J connectivity index is 1.57. The molecule has 0 spiro atoms. The minimum absolute atomic E-state index is 0.660. The SMILES string of the molecule is CC(CNC1CC1)Cc1ccc2c(c1)OCCO2. The molecule has 1 saturated carbocycles. The Morgan fingerprint density at radius 3 is 2.78 bits per heavy atom. The van der Waals surface area contributed by atoms with E-state index in [-0.39, 0.29) is 0 Å². The van der Waals surface area contributed by atoms with Gasteiger partial charge in [-0.3, -0.25) is 0 Å². The van der Waals surface area contributed by atoms with Crippen molar-refractivity contribution in [3.63, 3.8) is 0 Å². The number of benzene rings is 1. The molecule has 0 bridgehead atoms. The maximum absolute atomic E-state index is 5.61. The third kappa shape index (κ3) is 2.96. The van der Waals surface area contributed by atoms with Crippen LogP contribution in [-0.4, -0.2) is 25.8 Å². The van der Waals surface area contributed by atoms with E-state index in [0.29, 0.717) is 19.1 Å². The predicted octanol–water partition coefficient (Wildman–Crippen LogP) is 2.39. The lowest BCUT2D eigenvalue weighted by molar-refractivity contribution is 0.171. The summed E-state index contributed by atoms with van der Waals surface area (Å²) in [6.07, 6.45) is 3.81. The number of rotatable bonds is 5. The lowest BCUT2D eigenvalue weighted by Gasteiger charge is -2.19. The highest BCUT2D eigenvalue weighted by molar-refractivity contribution is 5.43. The molecule has 2 aliphatic rings. The number of fused-ring (bicyclic) bond motifs is 1. The van der Waals surface area contributed by atoms with Gasteiger partial charge in [-0.05, 0) is 49.4 Å². The molecule has 0 radical (unpaired) electrons. The topological polar surface area (TPSA) is 30.5 Å². The molecule has 1 aliphatic heterocycles. The van der Waals surface area contributed by atoms with Gasteiger partial charge in [0.25, 0.3) is 0 Å². The molecule has 3 nitrogen and oxygen atoms in total. The first-order valence-corrected chi connectivity index (χ1v) is 6.93. The molecule has 1 unspecified atom stereocenters. The van der Waals surface area contributed by atoms with Crippen molar-refractivity contribution in [2.24, 2.45) is 5.92 Å². The first-order valence-electron chi connectivity index (χ1n) is 6.93. The van der Waals surface area contributed by atoms with Gasteiger partial charge in [0.2, 0.25) is 0 Å². The maximum Gasteiger partial charge on any atom is 0.161 e. The van der Waals surface area contributed by atoms with Gasteiger partial charge in [-0.15, -0.1) is 0 Å². The summed E-state index contributed by atoms with van der Waals surface area (Å²) in [6, 6.07) is 7.11. The van der Waals surface area contributed by atoms with Crippen LogP contribution in [0.4, 0.5) is 0 Å². The van der Waals surface area contributed by atoms with Gasteiger partial charge >= 0.3 is 0 Å². The van der Waals surface area contributed by atoms with Gasteiger partial charge in [-0.1, -0.05) is 13.0 Å². The van der Waals surface area contributed by atoms with E-state index in [2.05, 4.69) is 24.4 Å². The summed E-state index contributed by atoms with van der Waals surface area (Å²) in [5.41, 5.74) is 1.34. The van der Waals surface area contributed by atoms with Crippen LogP contribution >= 0.6 is 0 Å². The average Bonchev–Trinajstić information content (AvgIpc) is 3.20. The van der Waals surface area contributed by atoms with Gasteiger partial charge in [-0.25, -0.2) is 0 Å². The molecule has 98 valence electrons. The standard InChI is InChI=1S/C15H21NO2/c1-11(10-16-13-3-4-13)8-12-2-5-14-15(9-12)18-7-6-17-14/h2,5,9,11,13,16H,3-4,6-8,10H2,1H3. The van der Waals surface area contributed by atoms with Crippen molar-refractivity contribution < 1.29 is 9.47 Å². The number of hydrogen-bond acceptors (Lipinski definition) is 3. The van der Waals surface area contributed by atoms with E-state index in [1.807, 2.05) is 6.07 Å². The highest BCUT2D eigenvalue weighted by Gasteiger charge is 2.21. The van der Waals surface area contributed by atoms with Crippen LogP contribution in [0, 0.1) is 5.92 Å². The van der Waals surface area contributed by atoms with Crippen molar-refractivity contribution in [1.82, 2.24) is 5.32 Å². The Kier molecular flexibility index (Phi) is 3.41. The zero-order chi connectivity index (χ0) is 12.4. The molecule has 1 heterocycles. The zero-order valence-corrected chi connectivity index (χ0v) is 10.9. The fourth-order valence-electron chi connectivity index (χ4n) is 2.34. The largest absolute Gasteiger partial charge is 0.486 e. The second-order valence-corrected chi connectivity index (χ2v) is 5.47. The average molecular weight is 247 g/mol. The van der Waals surface area contributed by atoms with Gasteiger partial charge in [0.1, 0.15) is 13.2 Å². The minimum Gasteiger partial charge on any atom is -0.486 e. The third-order valence-electron chi connectivity index (χ3n) is 3.52. The molecule has 3 rings (SSSR count). The van der Waals surface area contributed by atoms with E-state index < -0.39 is 0 Å². The van der Waals surface area contributed by atoms with Crippen molar-refractivity contribution in [3.8, 4) is 11.5 Å². The van der Waals surface area contributed by atoms with Crippen molar-refractivity contribution in [2.75, 3.05) is 19.8 Å². The van der Waals surface area contributed by atoms with E-state index in [4.69, 9.17) is 9.47 Å². The minimum atomic E-state index is 0.660. The lowest BCUT2D eigenvalue weighted by atomic mass is 10.0. The van der Waals surface area contributed by atoms with Gasteiger partial charge in [0.15, 0.2) is 11.5 Å². The van der Waals surface area contributed by atoms with E-state index in [1.54, 1.807) is 0 Å². The van der Waals surface area contributed by atoms with Crippen LogP contribution in [0.1, 0.15) is 25.3 Å². The predicted molar refractivity (Wildman–Crippen MR) is 71.3 cm³/mol. The Labute approximate surface area is 108 Å². The van der Waals surface area contributed by atoms with E-state index in [9.17, 15) is 0 Å².